The van der Waals surface area contributed by atoms with E-state index < -0.39 is 0 Å². The van der Waals surface area contributed by atoms with E-state index in [1.54, 1.807) is 11.3 Å². The molecular weight excluding hydrogens is 252 g/mol. The Balaban J connectivity index is 1.90. The van der Waals surface area contributed by atoms with E-state index in [1.807, 2.05) is 0 Å². The fraction of sp³-hybridized carbons (Fsp3) is 0.412. The smallest absolute Gasteiger partial charge is 0.0793 e. The maximum absolute atomic E-state index is 10.2. The first-order valence-electron chi connectivity index (χ1n) is 6.94. The van der Waals surface area contributed by atoms with Gasteiger partial charge in [0.1, 0.15) is 0 Å². The summed E-state index contributed by atoms with van der Waals surface area (Å²) in [5.41, 5.74) is 2.38. The van der Waals surface area contributed by atoms with Gasteiger partial charge in [-0.05, 0) is 47.8 Å². The maximum Gasteiger partial charge on any atom is 0.0793 e. The molecule has 1 unspecified atom stereocenters. The molecule has 2 rings (SSSR count). The van der Waals surface area contributed by atoms with Crippen molar-refractivity contribution < 1.29 is 5.11 Å². The molecule has 0 spiro atoms. The minimum atomic E-state index is -0.352. The third-order valence-electron chi connectivity index (χ3n) is 3.25. The van der Waals surface area contributed by atoms with Crippen LogP contribution in [0.25, 0.3) is 0 Å². The number of hydrogen-bond donors (Lipinski definition) is 1. The highest BCUT2D eigenvalue weighted by Crippen LogP contribution is 2.22. The predicted molar refractivity (Wildman–Crippen MR) is 82.6 cm³/mol. The van der Waals surface area contributed by atoms with Crippen molar-refractivity contribution in [3.8, 4) is 0 Å². The lowest BCUT2D eigenvalue weighted by Crippen LogP contribution is -2.00. The van der Waals surface area contributed by atoms with E-state index in [-0.39, 0.29) is 6.10 Å². The van der Waals surface area contributed by atoms with Crippen LogP contribution in [0.1, 0.15) is 42.4 Å². The fourth-order valence-corrected chi connectivity index (χ4v) is 2.97. The van der Waals surface area contributed by atoms with Crippen LogP contribution in [0.15, 0.2) is 41.8 Å². The van der Waals surface area contributed by atoms with Crippen LogP contribution in [0.4, 0.5) is 0 Å². The summed E-state index contributed by atoms with van der Waals surface area (Å²) in [4.78, 5) is 1.34. The Morgan fingerprint density at radius 1 is 1.11 bits per heavy atom. The van der Waals surface area contributed by atoms with Crippen molar-refractivity contribution in [2.24, 2.45) is 5.92 Å². The van der Waals surface area contributed by atoms with Gasteiger partial charge >= 0.3 is 0 Å². The predicted octanol–water partition coefficient (Wildman–Crippen LogP) is 4.61. The van der Waals surface area contributed by atoms with Crippen molar-refractivity contribution in [3.05, 3.63) is 57.8 Å². The third-order valence-corrected chi connectivity index (χ3v) is 4.19. The first kappa shape index (κ1) is 14.3. The summed E-state index contributed by atoms with van der Waals surface area (Å²) >= 11 is 1.76. The standard InChI is InChI=1S/C17H22OS/c1-13(2)12-14-5-7-15(8-6-14)17(18)10-9-16-4-3-11-19-16/h3-8,11,13,17-18H,9-10,12H2,1-2H3. The van der Waals surface area contributed by atoms with Gasteiger partial charge in [0.15, 0.2) is 0 Å². The zero-order chi connectivity index (χ0) is 13.7. The van der Waals surface area contributed by atoms with Crippen LogP contribution in [0.5, 0.6) is 0 Å². The highest BCUT2D eigenvalue weighted by Gasteiger charge is 2.08. The molecule has 2 heteroatoms. The average Bonchev–Trinajstić information content (AvgIpc) is 2.89. The molecule has 0 fully saturated rings. The van der Waals surface area contributed by atoms with Crippen molar-refractivity contribution in [1.82, 2.24) is 0 Å². The second-order valence-electron chi connectivity index (χ2n) is 5.47. The molecule has 19 heavy (non-hydrogen) atoms. The summed E-state index contributed by atoms with van der Waals surface area (Å²) in [6, 6.07) is 12.6. The Kier molecular flexibility index (Phi) is 5.17. The van der Waals surface area contributed by atoms with Crippen LogP contribution in [-0.4, -0.2) is 5.11 Å². The quantitative estimate of drug-likeness (QED) is 0.815. The molecular formula is C17H22OS. The minimum Gasteiger partial charge on any atom is -0.388 e. The molecule has 1 aromatic heterocycles. The molecule has 0 aliphatic rings. The molecule has 0 saturated heterocycles. The summed E-state index contributed by atoms with van der Waals surface area (Å²) in [5.74, 6) is 0.676. The Labute approximate surface area is 119 Å². The van der Waals surface area contributed by atoms with Crippen molar-refractivity contribution in [2.45, 2.75) is 39.2 Å². The van der Waals surface area contributed by atoms with Gasteiger partial charge in [-0.15, -0.1) is 11.3 Å². The average molecular weight is 274 g/mol. The van der Waals surface area contributed by atoms with Crippen molar-refractivity contribution in [3.63, 3.8) is 0 Å². The van der Waals surface area contributed by atoms with Gasteiger partial charge in [0.05, 0.1) is 6.10 Å². The molecule has 2 aromatic rings. The van der Waals surface area contributed by atoms with Crippen LogP contribution in [0.2, 0.25) is 0 Å². The summed E-state index contributed by atoms with van der Waals surface area (Å²) < 4.78 is 0. The van der Waals surface area contributed by atoms with Gasteiger partial charge in [0.25, 0.3) is 0 Å². The van der Waals surface area contributed by atoms with Gasteiger partial charge in [-0.1, -0.05) is 44.2 Å². The summed E-state index contributed by atoms with van der Waals surface area (Å²) in [7, 11) is 0. The van der Waals surface area contributed by atoms with E-state index in [0.29, 0.717) is 5.92 Å². The van der Waals surface area contributed by atoms with Gasteiger partial charge in [-0.25, -0.2) is 0 Å². The summed E-state index contributed by atoms with van der Waals surface area (Å²) in [6.45, 7) is 4.45. The van der Waals surface area contributed by atoms with Crippen molar-refractivity contribution in [1.29, 1.82) is 0 Å². The van der Waals surface area contributed by atoms with Crippen LogP contribution >= 0.6 is 11.3 Å². The second kappa shape index (κ2) is 6.88. The van der Waals surface area contributed by atoms with E-state index in [2.05, 4.69) is 55.6 Å². The third kappa shape index (κ3) is 4.48. The van der Waals surface area contributed by atoms with E-state index in [1.165, 1.54) is 10.4 Å². The Morgan fingerprint density at radius 2 is 1.84 bits per heavy atom. The van der Waals surface area contributed by atoms with Gasteiger partial charge in [-0.2, -0.15) is 0 Å². The zero-order valence-electron chi connectivity index (χ0n) is 11.7. The number of hydrogen-bond acceptors (Lipinski definition) is 2. The van der Waals surface area contributed by atoms with E-state index in [0.717, 1.165) is 24.8 Å². The zero-order valence-corrected chi connectivity index (χ0v) is 12.5. The SMILES string of the molecule is CC(C)Cc1ccc(C(O)CCc2cccs2)cc1. The molecule has 1 atom stereocenters. The summed E-state index contributed by atoms with van der Waals surface area (Å²) in [6.07, 6.45) is 2.50. The normalized spacial score (nSPS) is 12.8. The number of thiophene rings is 1. The molecule has 102 valence electrons. The van der Waals surface area contributed by atoms with E-state index in [4.69, 9.17) is 0 Å². The molecule has 1 heterocycles. The number of aryl methyl sites for hydroxylation is 1. The van der Waals surface area contributed by atoms with E-state index in [9.17, 15) is 5.11 Å². The van der Waals surface area contributed by atoms with Crippen LogP contribution in [-0.2, 0) is 12.8 Å². The minimum absolute atomic E-state index is 0.352. The molecule has 0 saturated carbocycles. The molecule has 0 aliphatic heterocycles. The lowest BCUT2D eigenvalue weighted by Gasteiger charge is -2.12. The molecule has 0 amide bonds. The van der Waals surface area contributed by atoms with Gasteiger partial charge in [-0.3, -0.25) is 0 Å². The van der Waals surface area contributed by atoms with Crippen molar-refractivity contribution >= 4 is 11.3 Å². The first-order chi connectivity index (χ1) is 9.15. The summed E-state index contributed by atoms with van der Waals surface area (Å²) in [5, 5.41) is 12.3. The highest BCUT2D eigenvalue weighted by atomic mass is 32.1. The highest BCUT2D eigenvalue weighted by molar-refractivity contribution is 7.09. The maximum atomic E-state index is 10.2. The lowest BCUT2D eigenvalue weighted by molar-refractivity contribution is 0.168. The van der Waals surface area contributed by atoms with Crippen LogP contribution in [0, 0.1) is 5.92 Å². The van der Waals surface area contributed by atoms with Crippen molar-refractivity contribution in [2.75, 3.05) is 0 Å². The largest absolute Gasteiger partial charge is 0.388 e. The molecule has 1 nitrogen and oxygen atoms in total. The number of rotatable bonds is 6. The number of aliphatic hydroxyl groups excluding tert-OH is 1. The Hall–Kier alpha value is -1.12. The number of aliphatic hydroxyl groups is 1. The van der Waals surface area contributed by atoms with Gasteiger partial charge < -0.3 is 5.11 Å². The topological polar surface area (TPSA) is 20.2 Å². The van der Waals surface area contributed by atoms with Gasteiger partial charge in [0, 0.05) is 4.88 Å². The first-order valence-corrected chi connectivity index (χ1v) is 7.82. The number of benzene rings is 1. The Morgan fingerprint density at radius 3 is 2.42 bits per heavy atom. The molecule has 0 bridgehead atoms. The second-order valence-corrected chi connectivity index (χ2v) is 6.51. The fourth-order valence-electron chi connectivity index (χ4n) is 2.25. The Bertz CT molecular complexity index is 470. The van der Waals surface area contributed by atoms with E-state index >= 15 is 0 Å². The molecule has 0 radical (unpaired) electrons. The molecule has 1 aromatic carbocycles. The lowest BCUT2D eigenvalue weighted by atomic mass is 9.99. The van der Waals surface area contributed by atoms with Gasteiger partial charge in [0.2, 0.25) is 0 Å². The monoisotopic (exact) mass is 274 g/mol. The van der Waals surface area contributed by atoms with Crippen LogP contribution < -0.4 is 0 Å². The molecule has 1 N–H and O–H groups in total. The van der Waals surface area contributed by atoms with Crippen LogP contribution in [0.3, 0.4) is 0 Å². The molecule has 0 aliphatic carbocycles.